The number of amides is 2. The lowest BCUT2D eigenvalue weighted by atomic mass is 10.1. The molecule has 0 saturated carbocycles. The lowest BCUT2D eigenvalue weighted by Crippen LogP contribution is -2.28. The molecule has 2 amide bonds. The summed E-state index contributed by atoms with van der Waals surface area (Å²) in [4.78, 5) is 47.8. The third kappa shape index (κ3) is 4.31. The Morgan fingerprint density at radius 3 is 2.89 bits per heavy atom. The van der Waals surface area contributed by atoms with E-state index in [0.717, 1.165) is 0 Å². The Hall–Kier alpha value is -3.76. The first kappa shape index (κ1) is 19.0. The van der Waals surface area contributed by atoms with Gasteiger partial charge in [0.2, 0.25) is 5.91 Å². The first-order chi connectivity index (χ1) is 13.3. The number of esters is 1. The molecule has 1 aromatic carbocycles. The van der Waals surface area contributed by atoms with Gasteiger partial charge in [0, 0.05) is 31.2 Å². The van der Waals surface area contributed by atoms with E-state index in [4.69, 9.17) is 9.26 Å². The Bertz CT molecular complexity index is 939. The molecule has 0 unspecified atom stereocenters. The Kier molecular flexibility index (Phi) is 5.34. The average molecular weight is 388 g/mol. The van der Waals surface area contributed by atoms with Crippen molar-refractivity contribution in [3.8, 4) is 0 Å². The summed E-state index contributed by atoms with van der Waals surface area (Å²) in [5.74, 6) is -1.71. The number of nitro benzene ring substituents is 1. The predicted molar refractivity (Wildman–Crippen MR) is 94.4 cm³/mol. The summed E-state index contributed by atoms with van der Waals surface area (Å²) >= 11 is 0. The molecule has 0 aliphatic carbocycles. The van der Waals surface area contributed by atoms with Gasteiger partial charge in [0.25, 0.3) is 11.6 Å². The molecule has 1 atom stereocenters. The summed E-state index contributed by atoms with van der Waals surface area (Å²) in [7, 11) is 0. The van der Waals surface area contributed by atoms with Gasteiger partial charge in [-0.1, -0.05) is 11.2 Å². The number of aryl methyl sites for hydroxylation is 1. The molecule has 3 rings (SSSR count). The highest BCUT2D eigenvalue weighted by Crippen LogP contribution is 2.28. The van der Waals surface area contributed by atoms with Gasteiger partial charge in [0.1, 0.15) is 5.76 Å². The van der Waals surface area contributed by atoms with Crippen molar-refractivity contribution in [2.24, 2.45) is 5.92 Å². The normalized spacial score (nSPS) is 16.1. The first-order valence-corrected chi connectivity index (χ1v) is 8.28. The Labute approximate surface area is 158 Å². The largest absolute Gasteiger partial charge is 0.455 e. The van der Waals surface area contributed by atoms with E-state index in [1.54, 1.807) is 13.0 Å². The van der Waals surface area contributed by atoms with Crippen molar-refractivity contribution in [1.29, 1.82) is 0 Å². The topological polar surface area (TPSA) is 145 Å². The fraction of sp³-hybridized carbons (Fsp3) is 0.294. The van der Waals surface area contributed by atoms with Crippen LogP contribution in [-0.4, -0.2) is 41.0 Å². The van der Waals surface area contributed by atoms with Crippen LogP contribution in [0.3, 0.4) is 0 Å². The van der Waals surface area contributed by atoms with Gasteiger partial charge in [-0.3, -0.25) is 24.5 Å². The summed E-state index contributed by atoms with van der Waals surface area (Å²) in [6.45, 7) is 1.14. The standard InChI is InChI=1S/C17H16N4O7/c1-10-5-14(19-28-10)18-15(22)9-27-17(24)11-6-16(23)20(8-11)12-3-2-4-13(7-12)21(25)26/h2-5,7,11H,6,8-9H2,1H3,(H,18,19,22)/t11-/m1/s1. The van der Waals surface area contributed by atoms with Crippen LogP contribution in [0, 0.1) is 23.0 Å². The number of ether oxygens (including phenoxy) is 1. The molecule has 0 bridgehead atoms. The smallest absolute Gasteiger partial charge is 0.311 e. The number of rotatable bonds is 6. The Balaban J connectivity index is 1.55. The first-order valence-electron chi connectivity index (χ1n) is 8.28. The average Bonchev–Trinajstić information content (AvgIpc) is 3.25. The van der Waals surface area contributed by atoms with Crippen LogP contribution < -0.4 is 10.2 Å². The van der Waals surface area contributed by atoms with Crippen LogP contribution in [0.2, 0.25) is 0 Å². The number of non-ortho nitro benzene ring substituents is 1. The monoisotopic (exact) mass is 388 g/mol. The number of hydrogen-bond donors (Lipinski definition) is 1. The van der Waals surface area contributed by atoms with E-state index in [1.165, 1.54) is 29.2 Å². The number of aromatic nitrogens is 1. The van der Waals surface area contributed by atoms with Crippen LogP contribution in [0.15, 0.2) is 34.9 Å². The van der Waals surface area contributed by atoms with Crippen molar-refractivity contribution in [2.75, 3.05) is 23.4 Å². The van der Waals surface area contributed by atoms with Gasteiger partial charge < -0.3 is 19.5 Å². The lowest BCUT2D eigenvalue weighted by molar-refractivity contribution is -0.384. The molecular weight excluding hydrogens is 372 g/mol. The van der Waals surface area contributed by atoms with Crippen LogP contribution in [-0.2, 0) is 19.1 Å². The third-order valence-electron chi connectivity index (χ3n) is 4.05. The molecule has 11 nitrogen and oxygen atoms in total. The summed E-state index contributed by atoms with van der Waals surface area (Å²) in [6, 6.07) is 7.09. The van der Waals surface area contributed by atoms with Crippen LogP contribution in [0.25, 0.3) is 0 Å². The van der Waals surface area contributed by atoms with Crippen molar-refractivity contribution < 1.29 is 28.6 Å². The summed E-state index contributed by atoms with van der Waals surface area (Å²) < 4.78 is 9.77. The molecule has 0 radical (unpaired) electrons. The molecule has 1 fully saturated rings. The van der Waals surface area contributed by atoms with E-state index in [2.05, 4.69) is 10.5 Å². The van der Waals surface area contributed by atoms with Crippen molar-refractivity contribution in [2.45, 2.75) is 13.3 Å². The van der Waals surface area contributed by atoms with Crippen molar-refractivity contribution in [3.63, 3.8) is 0 Å². The van der Waals surface area contributed by atoms with E-state index in [0.29, 0.717) is 11.4 Å². The number of carbonyl (C=O) groups is 3. The summed E-state index contributed by atoms with van der Waals surface area (Å²) in [5, 5.41) is 16.9. The highest BCUT2D eigenvalue weighted by atomic mass is 16.6. The van der Waals surface area contributed by atoms with Gasteiger partial charge in [-0.05, 0) is 13.0 Å². The number of hydrogen-bond acceptors (Lipinski definition) is 8. The molecule has 1 aliphatic rings. The van der Waals surface area contributed by atoms with Gasteiger partial charge >= 0.3 is 5.97 Å². The second-order valence-corrected chi connectivity index (χ2v) is 6.16. The minimum Gasteiger partial charge on any atom is -0.455 e. The summed E-state index contributed by atoms with van der Waals surface area (Å²) in [5.41, 5.74) is 0.171. The maximum absolute atomic E-state index is 12.2. The second-order valence-electron chi connectivity index (χ2n) is 6.16. The van der Waals surface area contributed by atoms with Gasteiger partial charge in [-0.25, -0.2) is 0 Å². The van der Waals surface area contributed by atoms with Crippen LogP contribution in [0.5, 0.6) is 0 Å². The summed E-state index contributed by atoms with van der Waals surface area (Å²) in [6.07, 6.45) is -0.106. The van der Waals surface area contributed by atoms with Crippen LogP contribution in [0.1, 0.15) is 12.2 Å². The van der Waals surface area contributed by atoms with E-state index in [9.17, 15) is 24.5 Å². The minimum atomic E-state index is -0.770. The van der Waals surface area contributed by atoms with Crippen molar-refractivity contribution in [3.05, 3.63) is 46.2 Å². The number of nitrogens with zero attached hydrogens (tertiary/aromatic N) is 3. The van der Waals surface area contributed by atoms with Crippen LogP contribution >= 0.6 is 0 Å². The van der Waals surface area contributed by atoms with Gasteiger partial charge in [-0.15, -0.1) is 0 Å². The molecule has 1 saturated heterocycles. The number of nitro groups is 1. The molecule has 0 spiro atoms. The molecule has 11 heteroatoms. The van der Waals surface area contributed by atoms with E-state index >= 15 is 0 Å². The zero-order valence-corrected chi connectivity index (χ0v) is 14.8. The van der Waals surface area contributed by atoms with Gasteiger partial charge in [0.05, 0.1) is 16.5 Å². The zero-order chi connectivity index (χ0) is 20.3. The Morgan fingerprint density at radius 2 is 2.21 bits per heavy atom. The fourth-order valence-corrected chi connectivity index (χ4v) is 2.75. The second kappa shape index (κ2) is 7.86. The highest BCUT2D eigenvalue weighted by Gasteiger charge is 2.36. The number of carbonyl (C=O) groups excluding carboxylic acids is 3. The molecular formula is C17H16N4O7. The molecule has 2 aromatic rings. The maximum Gasteiger partial charge on any atom is 0.311 e. The predicted octanol–water partition coefficient (Wildman–Crippen LogP) is 1.43. The van der Waals surface area contributed by atoms with Crippen LogP contribution in [0.4, 0.5) is 17.2 Å². The third-order valence-corrected chi connectivity index (χ3v) is 4.05. The molecule has 2 heterocycles. The molecule has 1 aromatic heterocycles. The molecule has 146 valence electrons. The lowest BCUT2D eigenvalue weighted by Gasteiger charge is -2.16. The zero-order valence-electron chi connectivity index (χ0n) is 14.8. The van der Waals surface area contributed by atoms with Gasteiger partial charge in [-0.2, -0.15) is 0 Å². The minimum absolute atomic E-state index is 0.0168. The molecule has 1 aliphatic heterocycles. The van der Waals surface area contributed by atoms with E-state index < -0.39 is 29.3 Å². The fourth-order valence-electron chi connectivity index (χ4n) is 2.75. The molecule has 28 heavy (non-hydrogen) atoms. The SMILES string of the molecule is Cc1cc(NC(=O)COC(=O)[C@@H]2CC(=O)N(c3cccc([N+](=O)[O-])c3)C2)no1. The van der Waals surface area contributed by atoms with Crippen molar-refractivity contribution >= 4 is 35.0 Å². The van der Waals surface area contributed by atoms with Gasteiger partial charge in [0.15, 0.2) is 12.4 Å². The number of benzene rings is 1. The maximum atomic E-state index is 12.2. The number of nitrogens with one attached hydrogen (secondary N) is 1. The highest BCUT2D eigenvalue weighted by molar-refractivity contribution is 6.00. The number of anilines is 2. The molecule has 1 N–H and O–H groups in total. The quantitative estimate of drug-likeness (QED) is 0.444. The van der Waals surface area contributed by atoms with E-state index in [1.807, 2.05) is 0 Å². The van der Waals surface area contributed by atoms with Crippen molar-refractivity contribution in [1.82, 2.24) is 5.16 Å². The van der Waals surface area contributed by atoms with E-state index in [-0.39, 0.29) is 30.4 Å². The Morgan fingerprint density at radius 1 is 1.43 bits per heavy atom.